The molecular formula is C10H22N2O3S. The Bertz CT molecular complexity index is 288. The van der Waals surface area contributed by atoms with Crippen LogP contribution in [-0.4, -0.2) is 26.6 Å². The standard InChI is InChI=1S/C10H22N2O3S/c1-2-16(14,15)12-9-7-5-3-4-6-8-10(11)13/h12H,2-9H2,1H3,(H2,11,13). The summed E-state index contributed by atoms with van der Waals surface area (Å²) in [6.45, 7) is 2.12. The van der Waals surface area contributed by atoms with E-state index >= 15 is 0 Å². The Morgan fingerprint density at radius 1 is 1.12 bits per heavy atom. The van der Waals surface area contributed by atoms with E-state index in [0.717, 1.165) is 32.1 Å². The number of carbonyl (C=O) groups is 1. The molecule has 96 valence electrons. The summed E-state index contributed by atoms with van der Waals surface area (Å²) < 4.78 is 24.6. The number of nitrogens with one attached hydrogen (secondary N) is 1. The second kappa shape index (κ2) is 8.52. The summed E-state index contributed by atoms with van der Waals surface area (Å²) in [5.41, 5.74) is 5.00. The number of primary amides is 1. The number of hydrogen-bond acceptors (Lipinski definition) is 3. The molecule has 0 heterocycles. The molecule has 3 N–H and O–H groups in total. The third-order valence-corrected chi connectivity index (χ3v) is 3.71. The molecule has 0 aromatic rings. The van der Waals surface area contributed by atoms with Crippen LogP contribution in [0, 0.1) is 0 Å². The average Bonchev–Trinajstić information content (AvgIpc) is 2.21. The quantitative estimate of drug-likeness (QED) is 0.561. The van der Waals surface area contributed by atoms with Crippen molar-refractivity contribution in [3.05, 3.63) is 0 Å². The maximum absolute atomic E-state index is 11.0. The summed E-state index contributed by atoms with van der Waals surface area (Å²) in [6, 6.07) is 0. The summed E-state index contributed by atoms with van der Waals surface area (Å²) in [4.78, 5) is 10.4. The van der Waals surface area contributed by atoms with E-state index in [0.29, 0.717) is 13.0 Å². The number of unbranched alkanes of at least 4 members (excludes halogenated alkanes) is 4. The van der Waals surface area contributed by atoms with Crippen molar-refractivity contribution in [2.45, 2.75) is 45.4 Å². The van der Waals surface area contributed by atoms with Crippen LogP contribution in [0.4, 0.5) is 0 Å². The van der Waals surface area contributed by atoms with Crippen molar-refractivity contribution in [1.82, 2.24) is 4.72 Å². The predicted octanol–water partition coefficient (Wildman–Crippen LogP) is 0.752. The summed E-state index contributed by atoms with van der Waals surface area (Å²) in [5, 5.41) is 0. The van der Waals surface area contributed by atoms with Crippen molar-refractivity contribution in [1.29, 1.82) is 0 Å². The molecule has 0 aromatic heterocycles. The molecule has 0 aliphatic heterocycles. The Labute approximate surface area is 97.8 Å². The number of amides is 1. The lowest BCUT2D eigenvalue weighted by molar-refractivity contribution is -0.118. The van der Waals surface area contributed by atoms with E-state index in [1.807, 2.05) is 0 Å². The van der Waals surface area contributed by atoms with Gasteiger partial charge in [0.2, 0.25) is 15.9 Å². The monoisotopic (exact) mass is 250 g/mol. The third kappa shape index (κ3) is 9.92. The van der Waals surface area contributed by atoms with Gasteiger partial charge in [0.05, 0.1) is 5.75 Å². The molecule has 0 aromatic carbocycles. The number of carbonyl (C=O) groups excluding carboxylic acids is 1. The molecule has 1 amide bonds. The molecular weight excluding hydrogens is 228 g/mol. The highest BCUT2D eigenvalue weighted by molar-refractivity contribution is 7.89. The van der Waals surface area contributed by atoms with Crippen molar-refractivity contribution in [2.75, 3.05) is 12.3 Å². The first-order chi connectivity index (χ1) is 7.48. The zero-order valence-corrected chi connectivity index (χ0v) is 10.7. The lowest BCUT2D eigenvalue weighted by atomic mass is 10.1. The summed E-state index contributed by atoms with van der Waals surface area (Å²) in [6.07, 6.45) is 5.09. The molecule has 0 saturated carbocycles. The molecule has 0 unspecified atom stereocenters. The highest BCUT2D eigenvalue weighted by Crippen LogP contribution is 2.04. The van der Waals surface area contributed by atoms with Crippen molar-refractivity contribution >= 4 is 15.9 Å². The van der Waals surface area contributed by atoms with Crippen molar-refractivity contribution in [3.63, 3.8) is 0 Å². The molecule has 6 heteroatoms. The van der Waals surface area contributed by atoms with Crippen molar-refractivity contribution < 1.29 is 13.2 Å². The van der Waals surface area contributed by atoms with Gasteiger partial charge in [-0.2, -0.15) is 0 Å². The predicted molar refractivity (Wildman–Crippen MR) is 64.4 cm³/mol. The highest BCUT2D eigenvalue weighted by Gasteiger charge is 2.03. The molecule has 0 aliphatic rings. The van der Waals surface area contributed by atoms with Gasteiger partial charge in [-0.05, 0) is 19.8 Å². The topological polar surface area (TPSA) is 89.3 Å². The lowest BCUT2D eigenvalue weighted by Crippen LogP contribution is -2.26. The van der Waals surface area contributed by atoms with Gasteiger partial charge < -0.3 is 5.73 Å². The van der Waals surface area contributed by atoms with Gasteiger partial charge in [0.1, 0.15) is 0 Å². The van der Waals surface area contributed by atoms with Crippen LogP contribution in [0.5, 0.6) is 0 Å². The number of hydrogen-bond donors (Lipinski definition) is 2. The fraction of sp³-hybridized carbons (Fsp3) is 0.900. The lowest BCUT2D eigenvalue weighted by Gasteiger charge is -2.03. The minimum atomic E-state index is -3.04. The first kappa shape index (κ1) is 15.4. The van der Waals surface area contributed by atoms with E-state index in [1.165, 1.54) is 0 Å². The Morgan fingerprint density at radius 3 is 2.25 bits per heavy atom. The van der Waals surface area contributed by atoms with Crippen LogP contribution < -0.4 is 10.5 Å². The average molecular weight is 250 g/mol. The van der Waals surface area contributed by atoms with Crippen LogP contribution in [0.1, 0.15) is 45.4 Å². The molecule has 0 rings (SSSR count). The number of nitrogens with two attached hydrogens (primary N) is 1. The molecule has 0 aliphatic carbocycles. The highest BCUT2D eigenvalue weighted by atomic mass is 32.2. The molecule has 0 atom stereocenters. The molecule has 0 spiro atoms. The zero-order valence-electron chi connectivity index (χ0n) is 9.87. The van der Waals surface area contributed by atoms with E-state index in [4.69, 9.17) is 5.73 Å². The SMILES string of the molecule is CCS(=O)(=O)NCCCCCCCC(N)=O. The second-order valence-corrected chi connectivity index (χ2v) is 5.88. The van der Waals surface area contributed by atoms with Crippen molar-refractivity contribution in [3.8, 4) is 0 Å². The van der Waals surface area contributed by atoms with Crippen LogP contribution >= 0.6 is 0 Å². The first-order valence-electron chi connectivity index (χ1n) is 5.73. The second-order valence-electron chi connectivity index (χ2n) is 3.78. The van der Waals surface area contributed by atoms with Gasteiger partial charge in [0.25, 0.3) is 0 Å². The van der Waals surface area contributed by atoms with E-state index in [-0.39, 0.29) is 11.7 Å². The Kier molecular flexibility index (Phi) is 8.19. The van der Waals surface area contributed by atoms with E-state index in [1.54, 1.807) is 6.92 Å². The van der Waals surface area contributed by atoms with Gasteiger partial charge in [-0.3, -0.25) is 4.79 Å². The van der Waals surface area contributed by atoms with Gasteiger partial charge in [-0.1, -0.05) is 19.3 Å². The normalized spacial score (nSPS) is 11.6. The minimum absolute atomic E-state index is 0.131. The van der Waals surface area contributed by atoms with Gasteiger partial charge in [-0.15, -0.1) is 0 Å². The fourth-order valence-electron chi connectivity index (χ4n) is 1.28. The van der Waals surface area contributed by atoms with Gasteiger partial charge in [0, 0.05) is 13.0 Å². The van der Waals surface area contributed by atoms with Gasteiger partial charge in [-0.25, -0.2) is 13.1 Å². The van der Waals surface area contributed by atoms with E-state index < -0.39 is 10.0 Å². The molecule has 5 nitrogen and oxygen atoms in total. The fourth-order valence-corrected chi connectivity index (χ4v) is 1.94. The Balaban J connectivity index is 3.25. The molecule has 16 heavy (non-hydrogen) atoms. The Morgan fingerprint density at radius 2 is 1.69 bits per heavy atom. The maximum atomic E-state index is 11.0. The van der Waals surface area contributed by atoms with Crippen molar-refractivity contribution in [2.24, 2.45) is 5.73 Å². The smallest absolute Gasteiger partial charge is 0.217 e. The third-order valence-electron chi connectivity index (χ3n) is 2.30. The van der Waals surface area contributed by atoms with E-state index in [2.05, 4.69) is 4.72 Å². The molecule has 0 saturated heterocycles. The zero-order chi connectivity index (χ0) is 12.4. The number of sulfonamides is 1. The minimum Gasteiger partial charge on any atom is -0.370 e. The largest absolute Gasteiger partial charge is 0.370 e. The van der Waals surface area contributed by atoms with Gasteiger partial charge in [0.15, 0.2) is 0 Å². The van der Waals surface area contributed by atoms with Crippen LogP contribution in [0.2, 0.25) is 0 Å². The van der Waals surface area contributed by atoms with Crippen LogP contribution in [0.15, 0.2) is 0 Å². The van der Waals surface area contributed by atoms with Gasteiger partial charge >= 0.3 is 0 Å². The van der Waals surface area contributed by atoms with Crippen LogP contribution in [-0.2, 0) is 14.8 Å². The Hall–Kier alpha value is -0.620. The number of rotatable bonds is 10. The van der Waals surface area contributed by atoms with E-state index in [9.17, 15) is 13.2 Å². The van der Waals surface area contributed by atoms with Crippen LogP contribution in [0.3, 0.4) is 0 Å². The summed E-state index contributed by atoms with van der Waals surface area (Å²) in [5.74, 6) is -0.123. The van der Waals surface area contributed by atoms with Crippen LogP contribution in [0.25, 0.3) is 0 Å². The summed E-state index contributed by atoms with van der Waals surface area (Å²) >= 11 is 0. The molecule has 0 fully saturated rings. The summed E-state index contributed by atoms with van der Waals surface area (Å²) in [7, 11) is -3.04. The first-order valence-corrected chi connectivity index (χ1v) is 7.39. The molecule has 0 bridgehead atoms. The maximum Gasteiger partial charge on any atom is 0.217 e. The molecule has 0 radical (unpaired) electrons.